The van der Waals surface area contributed by atoms with Crippen LogP contribution in [0.4, 0.5) is 5.13 Å². The molecule has 0 amide bonds. The molecule has 100 valence electrons. The second-order valence-electron chi connectivity index (χ2n) is 3.93. The first-order chi connectivity index (χ1) is 9.81. The Bertz CT molecular complexity index is 702. The molecule has 3 nitrogen and oxygen atoms in total. The van der Waals surface area contributed by atoms with Crippen molar-refractivity contribution >= 4 is 45.6 Å². The van der Waals surface area contributed by atoms with Gasteiger partial charge >= 0.3 is 0 Å². The van der Waals surface area contributed by atoms with Crippen molar-refractivity contribution in [3.8, 4) is 11.3 Å². The summed E-state index contributed by atoms with van der Waals surface area (Å²) in [6.07, 6.45) is 1.79. The molecule has 2 aromatic heterocycles. The van der Waals surface area contributed by atoms with Crippen LogP contribution in [-0.2, 0) is 0 Å². The Hall–Kier alpha value is -1.69. The Morgan fingerprint density at radius 3 is 2.75 bits per heavy atom. The zero-order valence-corrected chi connectivity index (χ0v) is 12.7. The van der Waals surface area contributed by atoms with Crippen LogP contribution in [0.3, 0.4) is 0 Å². The number of halogens is 1. The Balaban J connectivity index is 1.69. The quantitative estimate of drug-likeness (QED) is 0.544. The number of nitrogens with one attached hydrogen (secondary N) is 1. The van der Waals surface area contributed by atoms with Crippen LogP contribution < -0.4 is 5.43 Å². The highest BCUT2D eigenvalue weighted by atomic mass is 35.5. The molecule has 0 saturated heterocycles. The van der Waals surface area contributed by atoms with Gasteiger partial charge in [-0.2, -0.15) is 5.10 Å². The van der Waals surface area contributed by atoms with E-state index in [-0.39, 0.29) is 0 Å². The molecule has 0 spiro atoms. The molecule has 2 heterocycles. The van der Waals surface area contributed by atoms with Crippen LogP contribution in [0, 0.1) is 0 Å². The van der Waals surface area contributed by atoms with E-state index in [2.05, 4.69) is 15.5 Å². The van der Waals surface area contributed by atoms with E-state index in [4.69, 9.17) is 11.6 Å². The molecule has 0 aliphatic carbocycles. The summed E-state index contributed by atoms with van der Waals surface area (Å²) in [6.45, 7) is 0. The molecule has 0 aliphatic heterocycles. The largest absolute Gasteiger partial charge is 0.253 e. The van der Waals surface area contributed by atoms with Crippen molar-refractivity contribution in [3.05, 3.63) is 57.1 Å². The minimum atomic E-state index is 0.725. The number of hydrogen-bond donors (Lipinski definition) is 1. The van der Waals surface area contributed by atoms with Crippen molar-refractivity contribution in [3.63, 3.8) is 0 Å². The highest BCUT2D eigenvalue weighted by Gasteiger charge is 2.03. The van der Waals surface area contributed by atoms with Gasteiger partial charge in [-0.15, -0.1) is 22.7 Å². The molecule has 0 aliphatic rings. The summed E-state index contributed by atoms with van der Waals surface area (Å²) >= 11 is 9.04. The van der Waals surface area contributed by atoms with Crippen LogP contribution in [-0.4, -0.2) is 11.2 Å². The summed E-state index contributed by atoms with van der Waals surface area (Å²) in [6, 6.07) is 11.6. The number of anilines is 1. The lowest BCUT2D eigenvalue weighted by molar-refractivity contribution is 1.29. The van der Waals surface area contributed by atoms with E-state index in [0.717, 1.165) is 26.3 Å². The van der Waals surface area contributed by atoms with Crippen LogP contribution in [0.25, 0.3) is 11.3 Å². The highest BCUT2D eigenvalue weighted by molar-refractivity contribution is 7.14. The van der Waals surface area contributed by atoms with Gasteiger partial charge in [-0.05, 0) is 23.6 Å². The van der Waals surface area contributed by atoms with Crippen LogP contribution in [0.2, 0.25) is 5.02 Å². The third-order valence-corrected chi connectivity index (χ3v) is 4.35. The minimum absolute atomic E-state index is 0.725. The smallest absolute Gasteiger partial charge is 0.203 e. The maximum Gasteiger partial charge on any atom is 0.203 e. The van der Waals surface area contributed by atoms with E-state index >= 15 is 0 Å². The highest BCUT2D eigenvalue weighted by Crippen LogP contribution is 2.25. The van der Waals surface area contributed by atoms with Crippen molar-refractivity contribution in [1.29, 1.82) is 0 Å². The van der Waals surface area contributed by atoms with Crippen LogP contribution in [0.1, 0.15) is 4.88 Å². The fourth-order valence-electron chi connectivity index (χ4n) is 1.59. The third-order valence-electron chi connectivity index (χ3n) is 2.54. The number of aromatic nitrogens is 1. The van der Waals surface area contributed by atoms with E-state index in [1.165, 1.54) is 11.3 Å². The third kappa shape index (κ3) is 3.25. The molecule has 0 atom stereocenters. The van der Waals surface area contributed by atoms with E-state index in [1.54, 1.807) is 17.6 Å². The lowest BCUT2D eigenvalue weighted by Gasteiger charge is -1.96. The lowest BCUT2D eigenvalue weighted by Crippen LogP contribution is -1.88. The summed E-state index contributed by atoms with van der Waals surface area (Å²) in [4.78, 5) is 5.59. The standard InChI is InChI=1S/C14H10ClN3S2/c15-11-5-3-10(4-6-11)13-9-20-14(17-13)18-16-8-12-2-1-7-19-12/h1-9H,(H,17,18)/b16-8+. The van der Waals surface area contributed by atoms with Gasteiger partial charge < -0.3 is 0 Å². The average Bonchev–Trinajstić information content (AvgIpc) is 3.11. The molecule has 0 bridgehead atoms. The lowest BCUT2D eigenvalue weighted by atomic mass is 10.2. The maximum absolute atomic E-state index is 5.87. The molecule has 0 fully saturated rings. The molecular formula is C14H10ClN3S2. The average molecular weight is 320 g/mol. The zero-order chi connectivity index (χ0) is 13.8. The first-order valence-electron chi connectivity index (χ1n) is 5.85. The number of nitrogens with zero attached hydrogens (tertiary/aromatic N) is 2. The van der Waals surface area contributed by atoms with Crippen molar-refractivity contribution < 1.29 is 0 Å². The zero-order valence-electron chi connectivity index (χ0n) is 10.3. The fraction of sp³-hybridized carbons (Fsp3) is 0. The van der Waals surface area contributed by atoms with Crippen molar-refractivity contribution in [2.45, 2.75) is 0 Å². The molecule has 1 aromatic carbocycles. The second kappa shape index (κ2) is 6.17. The van der Waals surface area contributed by atoms with Crippen molar-refractivity contribution in [2.75, 3.05) is 5.43 Å². The Kier molecular flexibility index (Phi) is 4.11. The van der Waals surface area contributed by atoms with Gasteiger partial charge in [0.15, 0.2) is 0 Å². The van der Waals surface area contributed by atoms with Gasteiger partial charge in [0.05, 0.1) is 11.9 Å². The maximum atomic E-state index is 5.87. The predicted molar refractivity (Wildman–Crippen MR) is 88.1 cm³/mol. The summed E-state index contributed by atoms with van der Waals surface area (Å²) in [5.41, 5.74) is 4.90. The molecule has 0 saturated carbocycles. The predicted octanol–water partition coefficient (Wildman–Crippen LogP) is 4.97. The molecule has 0 unspecified atom stereocenters. The molecule has 1 N–H and O–H groups in total. The van der Waals surface area contributed by atoms with Gasteiger partial charge in [0, 0.05) is 20.8 Å². The summed E-state index contributed by atoms with van der Waals surface area (Å²) in [7, 11) is 0. The normalized spacial score (nSPS) is 11.1. The first-order valence-corrected chi connectivity index (χ1v) is 7.99. The topological polar surface area (TPSA) is 37.3 Å². The summed E-state index contributed by atoms with van der Waals surface area (Å²) < 4.78 is 0. The number of thiophene rings is 1. The van der Waals surface area contributed by atoms with Gasteiger partial charge in [-0.3, -0.25) is 5.43 Å². The number of benzene rings is 1. The second-order valence-corrected chi connectivity index (χ2v) is 6.20. The van der Waals surface area contributed by atoms with Gasteiger partial charge in [0.1, 0.15) is 0 Å². The molecule has 6 heteroatoms. The summed E-state index contributed by atoms with van der Waals surface area (Å²) in [5, 5.41) is 9.67. The van der Waals surface area contributed by atoms with E-state index in [0.29, 0.717) is 0 Å². The van der Waals surface area contributed by atoms with Crippen LogP contribution >= 0.6 is 34.3 Å². The molecule has 3 rings (SSSR count). The van der Waals surface area contributed by atoms with Gasteiger partial charge in [-0.1, -0.05) is 29.8 Å². The van der Waals surface area contributed by atoms with Crippen molar-refractivity contribution in [2.24, 2.45) is 5.10 Å². The number of rotatable bonds is 4. The minimum Gasteiger partial charge on any atom is -0.253 e. The van der Waals surface area contributed by atoms with Gasteiger partial charge in [-0.25, -0.2) is 4.98 Å². The molecular weight excluding hydrogens is 310 g/mol. The van der Waals surface area contributed by atoms with E-state index in [9.17, 15) is 0 Å². The van der Waals surface area contributed by atoms with Crippen LogP contribution in [0.5, 0.6) is 0 Å². The number of hydrogen-bond acceptors (Lipinski definition) is 5. The monoisotopic (exact) mass is 319 g/mol. The SMILES string of the molecule is Clc1ccc(-c2csc(N/N=C/c3cccs3)n2)cc1. The van der Waals surface area contributed by atoms with E-state index < -0.39 is 0 Å². The molecule has 3 aromatic rings. The van der Waals surface area contributed by atoms with Crippen molar-refractivity contribution in [1.82, 2.24) is 4.98 Å². The Morgan fingerprint density at radius 1 is 1.15 bits per heavy atom. The van der Waals surface area contributed by atoms with Gasteiger partial charge in [0.25, 0.3) is 0 Å². The Labute approximate surface area is 129 Å². The fourth-order valence-corrected chi connectivity index (χ4v) is 2.97. The van der Waals surface area contributed by atoms with E-state index in [1.807, 2.05) is 47.2 Å². The first kappa shape index (κ1) is 13.3. The number of thiazole rings is 1. The van der Waals surface area contributed by atoms with Gasteiger partial charge in [0.2, 0.25) is 5.13 Å². The van der Waals surface area contributed by atoms with Crippen LogP contribution in [0.15, 0.2) is 52.3 Å². The summed E-state index contributed by atoms with van der Waals surface area (Å²) in [5.74, 6) is 0. The molecule has 20 heavy (non-hydrogen) atoms. The molecule has 0 radical (unpaired) electrons. The number of hydrazone groups is 1. The Morgan fingerprint density at radius 2 is 2.00 bits per heavy atom.